The summed E-state index contributed by atoms with van der Waals surface area (Å²) in [5.74, 6) is 0.608. The monoisotopic (exact) mass is 256 g/mol. The maximum Gasteiger partial charge on any atom is 0.0702 e. The van der Waals surface area contributed by atoms with Crippen molar-refractivity contribution in [3.8, 4) is 0 Å². The Morgan fingerprint density at radius 2 is 2.11 bits per heavy atom. The van der Waals surface area contributed by atoms with E-state index in [0.29, 0.717) is 24.1 Å². The van der Waals surface area contributed by atoms with Gasteiger partial charge in [0, 0.05) is 37.8 Å². The zero-order valence-electron chi connectivity index (χ0n) is 12.0. The molecular weight excluding hydrogens is 228 g/mol. The topological polar surface area (TPSA) is 33.7 Å². The molecule has 2 aliphatic heterocycles. The minimum atomic E-state index is 0.372. The first-order valence-electron chi connectivity index (χ1n) is 7.35. The lowest BCUT2D eigenvalue weighted by molar-refractivity contribution is 0.00818. The van der Waals surface area contributed by atoms with Crippen molar-refractivity contribution in [3.63, 3.8) is 0 Å². The molecule has 2 saturated heterocycles. The molecule has 1 N–H and O–H groups in total. The zero-order valence-corrected chi connectivity index (χ0v) is 12.0. The van der Waals surface area contributed by atoms with E-state index in [1.54, 1.807) is 0 Å². The molecule has 2 fully saturated rings. The van der Waals surface area contributed by atoms with Crippen LogP contribution in [-0.2, 0) is 9.47 Å². The molecule has 4 unspecified atom stereocenters. The van der Waals surface area contributed by atoms with Crippen molar-refractivity contribution in [1.29, 1.82) is 0 Å². The number of rotatable bonds is 5. The van der Waals surface area contributed by atoms with Gasteiger partial charge in [0.2, 0.25) is 0 Å². The quantitative estimate of drug-likeness (QED) is 0.799. The number of nitrogens with one attached hydrogen (secondary N) is 1. The Morgan fingerprint density at radius 1 is 1.28 bits per heavy atom. The number of ether oxygens (including phenoxy) is 2. The molecule has 0 amide bonds. The van der Waals surface area contributed by atoms with Crippen LogP contribution in [0.5, 0.6) is 0 Å². The van der Waals surface area contributed by atoms with Crippen molar-refractivity contribution < 1.29 is 9.47 Å². The zero-order chi connectivity index (χ0) is 13.0. The molecule has 0 bridgehead atoms. The highest BCUT2D eigenvalue weighted by Crippen LogP contribution is 2.22. The van der Waals surface area contributed by atoms with Crippen molar-refractivity contribution in [1.82, 2.24) is 10.2 Å². The van der Waals surface area contributed by atoms with Gasteiger partial charge in [0.1, 0.15) is 0 Å². The SMILES string of the molecule is CCNC1CCOCC1CN(C)C1CCOC1C. The first-order valence-corrected chi connectivity index (χ1v) is 7.35. The largest absolute Gasteiger partial charge is 0.381 e. The second-order valence-electron chi connectivity index (χ2n) is 5.66. The van der Waals surface area contributed by atoms with Crippen molar-refractivity contribution in [2.45, 2.75) is 44.9 Å². The summed E-state index contributed by atoms with van der Waals surface area (Å²) in [6, 6.07) is 1.19. The molecule has 0 saturated carbocycles. The lowest BCUT2D eigenvalue weighted by atomic mass is 9.94. The van der Waals surface area contributed by atoms with E-state index in [1.165, 1.54) is 0 Å². The molecule has 2 heterocycles. The molecule has 2 rings (SSSR count). The van der Waals surface area contributed by atoms with Gasteiger partial charge in [0.15, 0.2) is 0 Å². The van der Waals surface area contributed by atoms with E-state index in [0.717, 1.165) is 45.8 Å². The molecule has 0 aliphatic carbocycles. The summed E-state index contributed by atoms with van der Waals surface area (Å²) in [6.07, 6.45) is 2.68. The van der Waals surface area contributed by atoms with Crippen LogP contribution in [0, 0.1) is 5.92 Å². The normalized spacial score (nSPS) is 37.3. The molecule has 0 aromatic heterocycles. The van der Waals surface area contributed by atoms with Crippen LogP contribution >= 0.6 is 0 Å². The molecule has 0 spiro atoms. The van der Waals surface area contributed by atoms with Crippen LogP contribution in [0.4, 0.5) is 0 Å². The highest BCUT2D eigenvalue weighted by Gasteiger charge is 2.32. The summed E-state index contributed by atoms with van der Waals surface area (Å²) in [7, 11) is 2.23. The summed E-state index contributed by atoms with van der Waals surface area (Å²) in [5.41, 5.74) is 0. The fraction of sp³-hybridized carbons (Fsp3) is 1.00. The average Bonchev–Trinajstić information content (AvgIpc) is 2.78. The number of hydrogen-bond acceptors (Lipinski definition) is 4. The predicted molar refractivity (Wildman–Crippen MR) is 72.8 cm³/mol. The van der Waals surface area contributed by atoms with Gasteiger partial charge in [-0.25, -0.2) is 0 Å². The summed E-state index contributed by atoms with van der Waals surface area (Å²) in [5, 5.41) is 3.60. The molecular formula is C14H28N2O2. The van der Waals surface area contributed by atoms with E-state index < -0.39 is 0 Å². The third-order valence-electron chi connectivity index (χ3n) is 4.37. The van der Waals surface area contributed by atoms with Crippen LogP contribution in [0.1, 0.15) is 26.7 Å². The summed E-state index contributed by atoms with van der Waals surface area (Å²) in [6.45, 7) is 9.24. The van der Waals surface area contributed by atoms with E-state index in [4.69, 9.17) is 9.47 Å². The van der Waals surface area contributed by atoms with E-state index in [2.05, 4.69) is 31.1 Å². The maximum atomic E-state index is 5.66. The maximum absolute atomic E-state index is 5.66. The van der Waals surface area contributed by atoms with Crippen LogP contribution in [-0.4, -0.2) is 63.0 Å². The first-order chi connectivity index (χ1) is 8.72. The fourth-order valence-corrected chi connectivity index (χ4v) is 3.31. The smallest absolute Gasteiger partial charge is 0.0702 e. The number of nitrogens with zero attached hydrogens (tertiary/aromatic N) is 1. The summed E-state index contributed by atoms with van der Waals surface area (Å²) < 4.78 is 11.3. The lowest BCUT2D eigenvalue weighted by Crippen LogP contribution is -2.49. The highest BCUT2D eigenvalue weighted by atomic mass is 16.5. The van der Waals surface area contributed by atoms with Crippen LogP contribution in [0.2, 0.25) is 0 Å². The first kappa shape index (κ1) is 14.3. The molecule has 0 aromatic carbocycles. The van der Waals surface area contributed by atoms with Gasteiger partial charge in [-0.1, -0.05) is 6.92 Å². The lowest BCUT2D eigenvalue weighted by Gasteiger charge is -2.37. The van der Waals surface area contributed by atoms with Gasteiger partial charge < -0.3 is 19.7 Å². The number of likely N-dealkylation sites (N-methyl/N-ethyl adjacent to an activating group) is 1. The third kappa shape index (κ3) is 3.44. The molecule has 4 nitrogen and oxygen atoms in total. The Morgan fingerprint density at radius 3 is 2.78 bits per heavy atom. The molecule has 106 valence electrons. The van der Waals surface area contributed by atoms with E-state index in [9.17, 15) is 0 Å². The average molecular weight is 256 g/mol. The highest BCUT2D eigenvalue weighted by molar-refractivity contribution is 4.86. The fourth-order valence-electron chi connectivity index (χ4n) is 3.31. The molecule has 18 heavy (non-hydrogen) atoms. The Balaban J connectivity index is 1.85. The minimum Gasteiger partial charge on any atom is -0.381 e. The van der Waals surface area contributed by atoms with Crippen molar-refractivity contribution in [2.24, 2.45) is 5.92 Å². The van der Waals surface area contributed by atoms with Crippen LogP contribution in [0.15, 0.2) is 0 Å². The second-order valence-corrected chi connectivity index (χ2v) is 5.66. The Labute approximate surface area is 111 Å². The van der Waals surface area contributed by atoms with Crippen molar-refractivity contribution in [3.05, 3.63) is 0 Å². The molecule has 0 radical (unpaired) electrons. The molecule has 4 atom stereocenters. The molecule has 4 heteroatoms. The van der Waals surface area contributed by atoms with Crippen molar-refractivity contribution in [2.75, 3.05) is 40.0 Å². The van der Waals surface area contributed by atoms with E-state index in [-0.39, 0.29) is 0 Å². The van der Waals surface area contributed by atoms with E-state index in [1.807, 2.05) is 0 Å². The van der Waals surface area contributed by atoms with Crippen LogP contribution in [0.3, 0.4) is 0 Å². The summed E-state index contributed by atoms with van der Waals surface area (Å²) in [4.78, 5) is 2.47. The standard InChI is InChI=1S/C14H28N2O2/c1-4-15-13-5-7-17-10-12(13)9-16(3)14-6-8-18-11(14)2/h11-15H,4-10H2,1-3H3. The van der Waals surface area contributed by atoms with Gasteiger partial charge in [-0.3, -0.25) is 0 Å². The van der Waals surface area contributed by atoms with Gasteiger partial charge in [-0.05, 0) is 33.4 Å². The van der Waals surface area contributed by atoms with Gasteiger partial charge >= 0.3 is 0 Å². The van der Waals surface area contributed by atoms with E-state index >= 15 is 0 Å². The number of hydrogen-bond donors (Lipinski definition) is 1. The van der Waals surface area contributed by atoms with Crippen LogP contribution < -0.4 is 5.32 Å². The predicted octanol–water partition coefficient (Wildman–Crippen LogP) is 1.11. The Bertz CT molecular complexity index is 248. The Hall–Kier alpha value is -0.160. The van der Waals surface area contributed by atoms with Crippen molar-refractivity contribution >= 4 is 0 Å². The van der Waals surface area contributed by atoms with Gasteiger partial charge in [-0.15, -0.1) is 0 Å². The summed E-state index contributed by atoms with van der Waals surface area (Å²) >= 11 is 0. The Kier molecular flexibility index (Phi) is 5.42. The third-order valence-corrected chi connectivity index (χ3v) is 4.37. The molecule has 2 aliphatic rings. The van der Waals surface area contributed by atoms with Gasteiger partial charge in [0.05, 0.1) is 12.7 Å². The molecule has 0 aromatic rings. The van der Waals surface area contributed by atoms with Crippen LogP contribution in [0.25, 0.3) is 0 Å². The second kappa shape index (κ2) is 6.85. The van der Waals surface area contributed by atoms with Gasteiger partial charge in [-0.2, -0.15) is 0 Å². The minimum absolute atomic E-state index is 0.372. The van der Waals surface area contributed by atoms with Gasteiger partial charge in [0.25, 0.3) is 0 Å².